The third kappa shape index (κ3) is 3.90. The Hall–Kier alpha value is -2.24. The van der Waals surface area contributed by atoms with E-state index in [2.05, 4.69) is 5.32 Å². The Morgan fingerprint density at radius 3 is 2.64 bits per heavy atom. The lowest BCUT2D eigenvalue weighted by Gasteiger charge is -2.27. The molecule has 0 saturated carbocycles. The molecule has 6 nitrogen and oxygen atoms in total. The minimum absolute atomic E-state index is 0.110. The topological polar surface area (TPSA) is 73.9 Å². The van der Waals surface area contributed by atoms with Crippen LogP contribution in [0, 0.1) is 5.92 Å². The van der Waals surface area contributed by atoms with E-state index in [1.807, 2.05) is 19.9 Å². The second-order valence-electron chi connectivity index (χ2n) is 5.58. The van der Waals surface area contributed by atoms with Gasteiger partial charge in [-0.25, -0.2) is 4.79 Å². The number of amides is 1. The van der Waals surface area contributed by atoms with E-state index in [9.17, 15) is 9.59 Å². The summed E-state index contributed by atoms with van der Waals surface area (Å²) in [6.45, 7) is 4.05. The van der Waals surface area contributed by atoms with Crippen LogP contribution >= 0.6 is 0 Å². The van der Waals surface area contributed by atoms with Gasteiger partial charge in [0.2, 0.25) is 6.10 Å². The summed E-state index contributed by atoms with van der Waals surface area (Å²) in [5, 5.41) is 2.68. The molecule has 1 aromatic carbocycles. The van der Waals surface area contributed by atoms with Crippen LogP contribution in [0.4, 0.5) is 0 Å². The number of para-hydroxylation sites is 2. The number of nitrogens with one attached hydrogen (secondary N) is 1. The lowest BCUT2D eigenvalue weighted by Crippen LogP contribution is -2.50. The first-order chi connectivity index (χ1) is 10.5. The van der Waals surface area contributed by atoms with E-state index >= 15 is 0 Å². The van der Waals surface area contributed by atoms with Crippen LogP contribution in [0.2, 0.25) is 0 Å². The molecule has 1 unspecified atom stereocenters. The average molecular weight is 307 g/mol. The number of hydrogen-bond donors (Lipinski definition) is 1. The van der Waals surface area contributed by atoms with Crippen molar-refractivity contribution in [3.05, 3.63) is 24.3 Å². The molecule has 1 heterocycles. The maximum Gasteiger partial charge on any atom is 0.328 e. The van der Waals surface area contributed by atoms with E-state index < -0.39 is 18.1 Å². The molecule has 1 N–H and O–H groups in total. The van der Waals surface area contributed by atoms with Crippen LogP contribution in [0.25, 0.3) is 0 Å². The number of methoxy groups -OCH3 is 1. The summed E-state index contributed by atoms with van der Waals surface area (Å²) in [4.78, 5) is 24.1. The molecule has 22 heavy (non-hydrogen) atoms. The van der Waals surface area contributed by atoms with Gasteiger partial charge < -0.3 is 19.5 Å². The van der Waals surface area contributed by atoms with Gasteiger partial charge in [-0.2, -0.15) is 0 Å². The van der Waals surface area contributed by atoms with Gasteiger partial charge in [-0.05, 0) is 24.5 Å². The van der Waals surface area contributed by atoms with Gasteiger partial charge in [0.05, 0.1) is 7.11 Å². The predicted octanol–water partition coefficient (Wildman–Crippen LogP) is 1.53. The van der Waals surface area contributed by atoms with Gasteiger partial charge in [-0.3, -0.25) is 4.79 Å². The van der Waals surface area contributed by atoms with E-state index in [1.54, 1.807) is 18.2 Å². The monoisotopic (exact) mass is 307 g/mol. The van der Waals surface area contributed by atoms with Gasteiger partial charge in [0.25, 0.3) is 5.91 Å². The van der Waals surface area contributed by atoms with E-state index in [0.29, 0.717) is 17.9 Å². The first-order valence-corrected chi connectivity index (χ1v) is 7.28. The summed E-state index contributed by atoms with van der Waals surface area (Å²) in [6, 6.07) is 6.47. The third-order valence-corrected chi connectivity index (χ3v) is 3.31. The Kier molecular flexibility index (Phi) is 5.25. The molecule has 1 aliphatic heterocycles. The van der Waals surface area contributed by atoms with Crippen LogP contribution < -0.4 is 14.8 Å². The third-order valence-electron chi connectivity index (χ3n) is 3.31. The Bertz CT molecular complexity index is 543. The second kappa shape index (κ2) is 7.15. The number of rotatable bonds is 5. The highest BCUT2D eigenvalue weighted by molar-refractivity contribution is 5.87. The first kappa shape index (κ1) is 16.1. The minimum atomic E-state index is -0.783. The van der Waals surface area contributed by atoms with Crippen LogP contribution in [0.5, 0.6) is 11.5 Å². The van der Waals surface area contributed by atoms with Crippen LogP contribution in [0.1, 0.15) is 20.3 Å². The Morgan fingerprint density at radius 1 is 1.32 bits per heavy atom. The molecule has 0 aliphatic carbocycles. The number of carbonyl (C=O) groups excluding carboxylic acids is 2. The quantitative estimate of drug-likeness (QED) is 0.835. The van der Waals surface area contributed by atoms with Gasteiger partial charge in [-0.15, -0.1) is 0 Å². The maximum absolute atomic E-state index is 12.3. The molecule has 1 aromatic rings. The molecule has 1 amide bonds. The smallest absolute Gasteiger partial charge is 0.328 e. The highest BCUT2D eigenvalue weighted by Gasteiger charge is 2.31. The van der Waals surface area contributed by atoms with Crippen molar-refractivity contribution >= 4 is 11.9 Å². The van der Waals surface area contributed by atoms with Gasteiger partial charge in [0, 0.05) is 0 Å². The number of ether oxygens (including phenoxy) is 3. The molecule has 0 radical (unpaired) electrons. The largest absolute Gasteiger partial charge is 0.485 e. The van der Waals surface area contributed by atoms with Gasteiger partial charge in [0.15, 0.2) is 11.5 Å². The Balaban J connectivity index is 2.00. The zero-order valence-electron chi connectivity index (χ0n) is 13.0. The second-order valence-corrected chi connectivity index (χ2v) is 5.58. The van der Waals surface area contributed by atoms with Crippen LogP contribution in [-0.4, -0.2) is 37.7 Å². The van der Waals surface area contributed by atoms with Crippen LogP contribution in [0.15, 0.2) is 24.3 Å². The fraction of sp³-hybridized carbons (Fsp3) is 0.500. The van der Waals surface area contributed by atoms with Crippen molar-refractivity contribution in [2.24, 2.45) is 5.92 Å². The van der Waals surface area contributed by atoms with Crippen molar-refractivity contribution in [1.29, 1.82) is 0 Å². The molecule has 2 rings (SSSR count). The standard InChI is InChI=1S/C16H21NO5/c1-10(2)8-11(16(19)20-3)17-15(18)14-9-21-12-6-4-5-7-13(12)22-14/h4-7,10-11,14H,8-9H2,1-3H3,(H,17,18)/t11-,14?/m0/s1. The predicted molar refractivity (Wildman–Crippen MR) is 79.8 cm³/mol. The number of hydrogen-bond acceptors (Lipinski definition) is 5. The lowest BCUT2D eigenvalue weighted by molar-refractivity contribution is -0.147. The average Bonchev–Trinajstić information content (AvgIpc) is 2.52. The van der Waals surface area contributed by atoms with Gasteiger partial charge >= 0.3 is 5.97 Å². The minimum Gasteiger partial charge on any atom is -0.485 e. The molecule has 120 valence electrons. The fourth-order valence-corrected chi connectivity index (χ4v) is 2.24. The first-order valence-electron chi connectivity index (χ1n) is 7.28. The summed E-state index contributed by atoms with van der Waals surface area (Å²) in [5.74, 6) is 0.531. The number of fused-ring (bicyclic) bond motifs is 1. The summed E-state index contributed by atoms with van der Waals surface area (Å²) >= 11 is 0. The summed E-state index contributed by atoms with van der Waals surface area (Å²) in [6.07, 6.45) is -0.281. The van der Waals surface area contributed by atoms with Crippen molar-refractivity contribution in [3.8, 4) is 11.5 Å². The Labute approximate surface area is 129 Å². The normalized spacial score (nSPS) is 17.7. The van der Waals surface area contributed by atoms with Crippen molar-refractivity contribution in [2.45, 2.75) is 32.4 Å². The molecule has 0 saturated heterocycles. The summed E-state index contributed by atoms with van der Waals surface area (Å²) < 4.78 is 15.9. The SMILES string of the molecule is COC(=O)[C@H](CC(C)C)NC(=O)C1COc2ccccc2O1. The zero-order chi connectivity index (χ0) is 16.1. The number of benzene rings is 1. The molecule has 0 aromatic heterocycles. The van der Waals surface area contributed by atoms with Crippen molar-refractivity contribution in [1.82, 2.24) is 5.32 Å². The van der Waals surface area contributed by atoms with Crippen LogP contribution in [-0.2, 0) is 14.3 Å². The number of carbonyl (C=O) groups is 2. The van der Waals surface area contributed by atoms with E-state index in [-0.39, 0.29) is 18.4 Å². The van der Waals surface area contributed by atoms with E-state index in [1.165, 1.54) is 7.11 Å². The molecule has 0 bridgehead atoms. The lowest BCUT2D eigenvalue weighted by atomic mass is 10.0. The molecular formula is C16H21NO5. The molecule has 1 aliphatic rings. The van der Waals surface area contributed by atoms with Gasteiger partial charge in [-0.1, -0.05) is 26.0 Å². The van der Waals surface area contributed by atoms with E-state index in [4.69, 9.17) is 14.2 Å². The van der Waals surface area contributed by atoms with Crippen LogP contribution in [0.3, 0.4) is 0 Å². The highest BCUT2D eigenvalue weighted by atomic mass is 16.6. The van der Waals surface area contributed by atoms with E-state index in [0.717, 1.165) is 0 Å². The number of esters is 1. The van der Waals surface area contributed by atoms with Crippen molar-refractivity contribution in [3.63, 3.8) is 0 Å². The summed E-state index contributed by atoms with van der Waals surface area (Å²) in [7, 11) is 1.30. The molecule has 2 atom stereocenters. The maximum atomic E-state index is 12.3. The molecule has 0 fully saturated rings. The van der Waals surface area contributed by atoms with Gasteiger partial charge in [0.1, 0.15) is 12.6 Å². The van der Waals surface area contributed by atoms with Crippen molar-refractivity contribution < 1.29 is 23.8 Å². The summed E-state index contributed by atoms with van der Waals surface area (Å²) in [5.41, 5.74) is 0. The molecule has 0 spiro atoms. The Morgan fingerprint density at radius 2 is 2.00 bits per heavy atom. The molecular weight excluding hydrogens is 286 g/mol. The molecule has 6 heteroatoms. The fourth-order valence-electron chi connectivity index (χ4n) is 2.24. The van der Waals surface area contributed by atoms with Crippen molar-refractivity contribution in [2.75, 3.05) is 13.7 Å². The highest BCUT2D eigenvalue weighted by Crippen LogP contribution is 2.30. The zero-order valence-corrected chi connectivity index (χ0v) is 13.0.